The highest BCUT2D eigenvalue weighted by Crippen LogP contribution is 2.68. The van der Waals surface area contributed by atoms with Crippen molar-refractivity contribution in [2.24, 2.45) is 28.6 Å². The van der Waals surface area contributed by atoms with Crippen molar-refractivity contribution in [1.29, 1.82) is 0 Å². The summed E-state index contributed by atoms with van der Waals surface area (Å²) in [6, 6.07) is 17.1. The Bertz CT molecular complexity index is 2590. The number of nitrogens with zero attached hydrogens (tertiary/aromatic N) is 1. The zero-order valence-electron chi connectivity index (χ0n) is 38.3. The number of hydrogen-bond acceptors (Lipinski definition) is 1. The van der Waals surface area contributed by atoms with Crippen LogP contribution >= 0.6 is 0 Å². The molecule has 5 unspecified atom stereocenters. The van der Waals surface area contributed by atoms with E-state index in [9.17, 15) is 0 Å². The Labute approximate surface area is 367 Å². The fourth-order valence-electron chi connectivity index (χ4n) is 13.6. The van der Waals surface area contributed by atoms with Crippen molar-refractivity contribution < 1.29 is 0 Å². The van der Waals surface area contributed by atoms with Crippen molar-refractivity contribution in [3.05, 3.63) is 182 Å². The van der Waals surface area contributed by atoms with Crippen LogP contribution in [0.2, 0.25) is 0 Å². The minimum atomic E-state index is -0.162. The van der Waals surface area contributed by atoms with Gasteiger partial charge in [0.15, 0.2) is 0 Å². The molecule has 9 aliphatic rings. The van der Waals surface area contributed by atoms with Crippen molar-refractivity contribution in [3.63, 3.8) is 0 Å². The molecular formula is C60H67N. The zero-order chi connectivity index (χ0) is 42.1. The normalized spacial score (nSPS) is 29.4. The van der Waals surface area contributed by atoms with E-state index in [4.69, 9.17) is 0 Å². The third-order valence-electron chi connectivity index (χ3n) is 16.8. The highest BCUT2D eigenvalue weighted by Gasteiger charge is 2.59. The van der Waals surface area contributed by atoms with Gasteiger partial charge in [-0.3, -0.25) is 0 Å². The highest BCUT2D eigenvalue weighted by molar-refractivity contribution is 5.98. The van der Waals surface area contributed by atoms with Gasteiger partial charge in [0.05, 0.1) is 11.5 Å². The molecule has 0 N–H and O–H groups in total. The molecule has 9 aliphatic carbocycles. The Morgan fingerprint density at radius 1 is 0.656 bits per heavy atom. The van der Waals surface area contributed by atoms with Gasteiger partial charge >= 0.3 is 0 Å². The quantitative estimate of drug-likeness (QED) is 0.298. The molecule has 0 fully saturated rings. The van der Waals surface area contributed by atoms with Crippen LogP contribution in [0.25, 0.3) is 11.1 Å². The molecule has 2 aromatic carbocycles. The third kappa shape index (κ3) is 5.70. The first-order valence-electron chi connectivity index (χ1n) is 24.1. The van der Waals surface area contributed by atoms with Crippen LogP contribution in [0.5, 0.6) is 0 Å². The molecule has 312 valence electrons. The topological polar surface area (TPSA) is 3.24 Å². The maximum atomic E-state index is 2.97. The number of allylic oxidation sites excluding steroid dienone is 19. The summed E-state index contributed by atoms with van der Waals surface area (Å²) in [6.07, 6.45) is 42.2. The van der Waals surface area contributed by atoms with Crippen LogP contribution in [0.3, 0.4) is 0 Å². The van der Waals surface area contributed by atoms with Gasteiger partial charge in [0.2, 0.25) is 0 Å². The van der Waals surface area contributed by atoms with Crippen molar-refractivity contribution in [2.75, 3.05) is 4.90 Å². The Morgan fingerprint density at radius 3 is 2.18 bits per heavy atom. The first-order valence-corrected chi connectivity index (χ1v) is 24.1. The van der Waals surface area contributed by atoms with Crippen LogP contribution in [0.4, 0.5) is 5.69 Å². The lowest BCUT2D eigenvalue weighted by molar-refractivity contribution is 0.211. The monoisotopic (exact) mass is 802 g/mol. The van der Waals surface area contributed by atoms with E-state index < -0.39 is 0 Å². The number of benzene rings is 2. The van der Waals surface area contributed by atoms with Crippen LogP contribution < -0.4 is 4.90 Å². The summed E-state index contributed by atoms with van der Waals surface area (Å²) in [5, 5.41) is 0. The predicted octanol–water partition coefficient (Wildman–Crippen LogP) is 15.7. The summed E-state index contributed by atoms with van der Waals surface area (Å²) in [5.41, 5.74) is 23.0. The predicted molar refractivity (Wildman–Crippen MR) is 259 cm³/mol. The molecule has 1 nitrogen and oxygen atoms in total. The van der Waals surface area contributed by atoms with Crippen LogP contribution in [-0.4, -0.2) is 6.04 Å². The van der Waals surface area contributed by atoms with Gasteiger partial charge in [0.1, 0.15) is 0 Å². The van der Waals surface area contributed by atoms with Crippen molar-refractivity contribution in [1.82, 2.24) is 0 Å². The van der Waals surface area contributed by atoms with Crippen molar-refractivity contribution in [3.8, 4) is 0 Å². The van der Waals surface area contributed by atoms with E-state index in [2.05, 4.69) is 176 Å². The lowest BCUT2D eigenvalue weighted by Gasteiger charge is -2.47. The van der Waals surface area contributed by atoms with E-state index in [1.165, 1.54) is 61.5 Å². The highest BCUT2D eigenvalue weighted by atomic mass is 15.2. The first kappa shape index (κ1) is 39.2. The summed E-state index contributed by atoms with van der Waals surface area (Å²) in [7, 11) is 0. The molecule has 0 amide bonds. The van der Waals surface area contributed by atoms with Gasteiger partial charge in [0.25, 0.3) is 0 Å². The van der Waals surface area contributed by atoms with E-state index in [-0.39, 0.29) is 27.7 Å². The smallest absolute Gasteiger partial charge is 0.0597 e. The molecule has 2 aromatic rings. The van der Waals surface area contributed by atoms with E-state index in [1.54, 1.807) is 22.3 Å². The van der Waals surface area contributed by atoms with Crippen LogP contribution in [-0.2, 0) is 10.8 Å². The fraction of sp³-hybridized carbons (Fsp3) is 0.433. The molecule has 0 bridgehead atoms. The summed E-state index contributed by atoms with van der Waals surface area (Å²) in [5.74, 6) is 1.46. The maximum absolute atomic E-state index is 2.97. The molecule has 1 heteroatoms. The van der Waals surface area contributed by atoms with Gasteiger partial charge in [-0.25, -0.2) is 0 Å². The average molecular weight is 802 g/mol. The SMILES string of the molecule is CC1(C)C2=CCCC=C2c2c(N(C3=C4C5=C(C=CCC5)C5(C6=CCCC=C6c6ccccc65)C4CC=C3)C3CC(C(C)(C)C)CC=C3C3=CCC(C(C)(C)C)C=C3)cccc21. The molecule has 0 saturated carbocycles. The second-order valence-corrected chi connectivity index (χ2v) is 22.4. The van der Waals surface area contributed by atoms with E-state index in [0.717, 1.165) is 64.2 Å². The summed E-state index contributed by atoms with van der Waals surface area (Å²) in [6.45, 7) is 19.6. The van der Waals surface area contributed by atoms with Gasteiger partial charge in [0, 0.05) is 28.3 Å². The van der Waals surface area contributed by atoms with E-state index >= 15 is 0 Å². The molecule has 61 heavy (non-hydrogen) atoms. The molecule has 11 rings (SSSR count). The fourth-order valence-corrected chi connectivity index (χ4v) is 13.6. The number of rotatable bonds is 4. The molecule has 0 heterocycles. The molecule has 0 aromatic heterocycles. The second kappa shape index (κ2) is 13.9. The van der Waals surface area contributed by atoms with Gasteiger partial charge < -0.3 is 4.90 Å². The van der Waals surface area contributed by atoms with Gasteiger partial charge in [-0.2, -0.15) is 0 Å². The largest absolute Gasteiger partial charge is 0.333 e. The minimum Gasteiger partial charge on any atom is -0.333 e. The van der Waals surface area contributed by atoms with E-state index in [0.29, 0.717) is 17.8 Å². The summed E-state index contributed by atoms with van der Waals surface area (Å²) < 4.78 is 0. The Hall–Kier alpha value is -4.62. The van der Waals surface area contributed by atoms with Crippen LogP contribution in [0, 0.1) is 28.6 Å². The zero-order valence-corrected chi connectivity index (χ0v) is 38.3. The number of anilines is 1. The van der Waals surface area contributed by atoms with Gasteiger partial charge in [-0.05, 0) is 166 Å². The molecule has 5 atom stereocenters. The van der Waals surface area contributed by atoms with Gasteiger partial charge in [-0.1, -0.05) is 159 Å². The lowest BCUT2D eigenvalue weighted by Crippen LogP contribution is -2.44. The molecule has 0 aliphatic heterocycles. The lowest BCUT2D eigenvalue weighted by atomic mass is 9.63. The van der Waals surface area contributed by atoms with Gasteiger partial charge in [-0.15, -0.1) is 0 Å². The average Bonchev–Trinajstić information content (AvgIpc) is 3.83. The second-order valence-electron chi connectivity index (χ2n) is 22.4. The molecule has 1 spiro atoms. The van der Waals surface area contributed by atoms with Crippen molar-refractivity contribution in [2.45, 2.75) is 136 Å². The summed E-state index contributed by atoms with van der Waals surface area (Å²) >= 11 is 0. The van der Waals surface area contributed by atoms with E-state index in [1.807, 2.05) is 0 Å². The van der Waals surface area contributed by atoms with Crippen LogP contribution in [0.15, 0.2) is 160 Å². The number of hydrogen-bond donors (Lipinski definition) is 0. The Balaban J connectivity index is 1.19. The minimum absolute atomic E-state index is 0.0349. The van der Waals surface area contributed by atoms with Crippen LogP contribution in [0.1, 0.15) is 142 Å². The Morgan fingerprint density at radius 2 is 1.41 bits per heavy atom. The first-order chi connectivity index (χ1) is 29.3. The Kier molecular flexibility index (Phi) is 8.97. The van der Waals surface area contributed by atoms with Crippen molar-refractivity contribution >= 4 is 16.8 Å². The standard InChI is InChI=1S/C60H67N/c1-57(2,3)39-33-31-38(32-34-39)41-36-35-40(58(4,5)6)37-54(41)61(52-29-17-27-50-55(52)44-21-11-13-23-46(44)59(50,7)8)53-30-18-28-51-56(53)45-22-12-16-26-49(45)60(51)47-24-14-9-19-42(47)43-20-10-15-25-48(43)60/h9,14,16-21,23-27,29-33,36,39-40,51,54H,10-13,15,22,28,34-35,37H2,1-8H3. The molecule has 0 saturated heterocycles. The number of fused-ring (bicyclic) bond motifs is 12. The summed E-state index contributed by atoms with van der Waals surface area (Å²) in [4.78, 5) is 2.97. The molecular weight excluding hydrogens is 735 g/mol. The molecule has 0 radical (unpaired) electrons. The maximum Gasteiger partial charge on any atom is 0.0597 e. The third-order valence-corrected chi connectivity index (χ3v) is 16.8.